The van der Waals surface area contributed by atoms with E-state index < -0.39 is 0 Å². The monoisotopic (exact) mass is 226 g/mol. The topological polar surface area (TPSA) is 41.1 Å². The number of amides is 1. The standard InChI is InChI=1S/C13H26N2O/c1-3-4-9-14-13(16)10-15-12-8-6-5-7-11(12)2/h11-12,15H,3-10H2,1-2H3,(H,14,16). The van der Waals surface area contributed by atoms with Gasteiger partial charge in [-0.1, -0.05) is 33.1 Å². The molecule has 94 valence electrons. The zero-order valence-electron chi connectivity index (χ0n) is 10.7. The highest BCUT2D eigenvalue weighted by Gasteiger charge is 2.20. The molecule has 0 aromatic heterocycles. The molecule has 0 bridgehead atoms. The van der Waals surface area contributed by atoms with Crippen molar-refractivity contribution in [3.63, 3.8) is 0 Å². The normalized spacial score (nSPS) is 25.4. The van der Waals surface area contributed by atoms with E-state index >= 15 is 0 Å². The fourth-order valence-corrected chi connectivity index (χ4v) is 2.31. The molecule has 1 aliphatic rings. The zero-order valence-corrected chi connectivity index (χ0v) is 10.7. The number of hydrogen-bond acceptors (Lipinski definition) is 2. The van der Waals surface area contributed by atoms with Gasteiger partial charge in [-0.15, -0.1) is 0 Å². The molecule has 0 saturated heterocycles. The van der Waals surface area contributed by atoms with Crippen molar-refractivity contribution in [2.45, 2.75) is 58.4 Å². The Labute approximate surface area is 99.4 Å². The SMILES string of the molecule is CCCCNC(=O)CNC1CCCCC1C. The van der Waals surface area contributed by atoms with Gasteiger partial charge in [0.25, 0.3) is 0 Å². The molecule has 1 fully saturated rings. The van der Waals surface area contributed by atoms with Gasteiger partial charge in [0.15, 0.2) is 0 Å². The zero-order chi connectivity index (χ0) is 11.8. The number of hydrogen-bond donors (Lipinski definition) is 2. The number of carbonyl (C=O) groups excluding carboxylic acids is 1. The maximum absolute atomic E-state index is 11.5. The predicted molar refractivity (Wildman–Crippen MR) is 67.3 cm³/mol. The average molecular weight is 226 g/mol. The molecule has 3 nitrogen and oxygen atoms in total. The quantitative estimate of drug-likeness (QED) is 0.681. The van der Waals surface area contributed by atoms with Crippen molar-refractivity contribution in [3.8, 4) is 0 Å². The number of carbonyl (C=O) groups is 1. The molecule has 3 heteroatoms. The third-order valence-electron chi connectivity index (χ3n) is 3.49. The molecule has 2 unspecified atom stereocenters. The Hall–Kier alpha value is -0.570. The summed E-state index contributed by atoms with van der Waals surface area (Å²) >= 11 is 0. The lowest BCUT2D eigenvalue weighted by Crippen LogP contribution is -2.43. The van der Waals surface area contributed by atoms with E-state index in [0.717, 1.165) is 25.3 Å². The van der Waals surface area contributed by atoms with Gasteiger partial charge in [0.1, 0.15) is 0 Å². The van der Waals surface area contributed by atoms with Crippen LogP contribution in [0.1, 0.15) is 52.4 Å². The summed E-state index contributed by atoms with van der Waals surface area (Å²) in [5.41, 5.74) is 0. The van der Waals surface area contributed by atoms with E-state index in [4.69, 9.17) is 0 Å². The lowest BCUT2D eigenvalue weighted by atomic mass is 9.86. The van der Waals surface area contributed by atoms with Gasteiger partial charge in [-0.2, -0.15) is 0 Å². The first-order valence-corrected chi connectivity index (χ1v) is 6.74. The van der Waals surface area contributed by atoms with Crippen LogP contribution in [0, 0.1) is 5.92 Å². The highest BCUT2D eigenvalue weighted by Crippen LogP contribution is 2.23. The molecule has 0 heterocycles. The van der Waals surface area contributed by atoms with E-state index in [0.29, 0.717) is 12.6 Å². The molecule has 1 rings (SSSR count). The molecule has 1 amide bonds. The van der Waals surface area contributed by atoms with Crippen molar-refractivity contribution in [1.82, 2.24) is 10.6 Å². The third kappa shape index (κ3) is 4.97. The lowest BCUT2D eigenvalue weighted by Gasteiger charge is -2.29. The van der Waals surface area contributed by atoms with Gasteiger partial charge in [0.05, 0.1) is 6.54 Å². The summed E-state index contributed by atoms with van der Waals surface area (Å²) in [6.45, 7) is 5.72. The van der Waals surface area contributed by atoms with Crippen LogP contribution in [0.25, 0.3) is 0 Å². The van der Waals surface area contributed by atoms with Crippen molar-refractivity contribution >= 4 is 5.91 Å². The van der Waals surface area contributed by atoms with E-state index in [1.807, 2.05) is 0 Å². The summed E-state index contributed by atoms with van der Waals surface area (Å²) in [7, 11) is 0. The summed E-state index contributed by atoms with van der Waals surface area (Å²) in [4.78, 5) is 11.5. The molecule has 16 heavy (non-hydrogen) atoms. The second-order valence-electron chi connectivity index (χ2n) is 4.95. The molecule has 0 spiro atoms. The van der Waals surface area contributed by atoms with E-state index in [-0.39, 0.29) is 5.91 Å². The maximum atomic E-state index is 11.5. The third-order valence-corrected chi connectivity index (χ3v) is 3.49. The first-order valence-electron chi connectivity index (χ1n) is 6.74. The smallest absolute Gasteiger partial charge is 0.233 e. The Morgan fingerprint density at radius 2 is 2.06 bits per heavy atom. The molecule has 0 aromatic rings. The second kappa shape index (κ2) is 7.66. The number of unbranched alkanes of at least 4 members (excludes halogenated alkanes) is 1. The highest BCUT2D eigenvalue weighted by molar-refractivity contribution is 5.77. The van der Waals surface area contributed by atoms with Crippen LogP contribution in [0.3, 0.4) is 0 Å². The first kappa shape index (κ1) is 13.5. The van der Waals surface area contributed by atoms with Crippen molar-refractivity contribution in [2.75, 3.05) is 13.1 Å². The van der Waals surface area contributed by atoms with Crippen LogP contribution in [0.4, 0.5) is 0 Å². The van der Waals surface area contributed by atoms with Crippen molar-refractivity contribution in [2.24, 2.45) is 5.92 Å². The van der Waals surface area contributed by atoms with E-state index in [1.165, 1.54) is 25.7 Å². The summed E-state index contributed by atoms with van der Waals surface area (Å²) in [6.07, 6.45) is 7.39. The second-order valence-corrected chi connectivity index (χ2v) is 4.95. The molecular weight excluding hydrogens is 200 g/mol. The highest BCUT2D eigenvalue weighted by atomic mass is 16.1. The molecule has 0 aromatic carbocycles. The minimum absolute atomic E-state index is 0.145. The Balaban J connectivity index is 2.10. The van der Waals surface area contributed by atoms with Crippen molar-refractivity contribution in [1.29, 1.82) is 0 Å². The lowest BCUT2D eigenvalue weighted by molar-refractivity contribution is -0.120. The van der Waals surface area contributed by atoms with Crippen LogP contribution in [0.2, 0.25) is 0 Å². The Kier molecular flexibility index (Phi) is 6.46. The molecule has 2 atom stereocenters. The molecular formula is C13H26N2O. The van der Waals surface area contributed by atoms with Crippen molar-refractivity contribution < 1.29 is 4.79 Å². The van der Waals surface area contributed by atoms with Gasteiger partial charge in [-0.25, -0.2) is 0 Å². The van der Waals surface area contributed by atoms with Gasteiger partial charge < -0.3 is 10.6 Å². The van der Waals surface area contributed by atoms with E-state index in [9.17, 15) is 4.79 Å². The Morgan fingerprint density at radius 1 is 1.31 bits per heavy atom. The van der Waals surface area contributed by atoms with Crippen LogP contribution >= 0.6 is 0 Å². The number of rotatable bonds is 6. The summed E-state index contributed by atoms with van der Waals surface area (Å²) < 4.78 is 0. The molecule has 2 N–H and O–H groups in total. The molecule has 0 aliphatic heterocycles. The Morgan fingerprint density at radius 3 is 2.75 bits per heavy atom. The predicted octanol–water partition coefficient (Wildman–Crippen LogP) is 2.07. The molecule has 1 aliphatic carbocycles. The van der Waals surface area contributed by atoms with Gasteiger partial charge >= 0.3 is 0 Å². The van der Waals surface area contributed by atoms with E-state index in [2.05, 4.69) is 24.5 Å². The van der Waals surface area contributed by atoms with Crippen LogP contribution in [-0.2, 0) is 4.79 Å². The van der Waals surface area contributed by atoms with Crippen LogP contribution in [0.15, 0.2) is 0 Å². The summed E-state index contributed by atoms with van der Waals surface area (Å²) in [6, 6.07) is 0.547. The summed E-state index contributed by atoms with van der Waals surface area (Å²) in [5.74, 6) is 0.864. The average Bonchev–Trinajstić information content (AvgIpc) is 2.28. The van der Waals surface area contributed by atoms with Gasteiger partial charge in [0, 0.05) is 12.6 Å². The number of nitrogens with one attached hydrogen (secondary N) is 2. The van der Waals surface area contributed by atoms with Crippen LogP contribution in [0.5, 0.6) is 0 Å². The molecule has 0 radical (unpaired) electrons. The summed E-state index contributed by atoms with van der Waals surface area (Å²) in [5, 5.41) is 6.32. The van der Waals surface area contributed by atoms with Crippen LogP contribution in [-0.4, -0.2) is 25.0 Å². The van der Waals surface area contributed by atoms with Crippen molar-refractivity contribution in [3.05, 3.63) is 0 Å². The fraction of sp³-hybridized carbons (Fsp3) is 0.923. The minimum atomic E-state index is 0.145. The van der Waals surface area contributed by atoms with Gasteiger partial charge in [0.2, 0.25) is 5.91 Å². The van der Waals surface area contributed by atoms with Gasteiger partial charge in [-0.3, -0.25) is 4.79 Å². The van der Waals surface area contributed by atoms with Gasteiger partial charge in [-0.05, 0) is 25.2 Å². The molecule has 1 saturated carbocycles. The Bertz CT molecular complexity index is 206. The minimum Gasteiger partial charge on any atom is -0.355 e. The maximum Gasteiger partial charge on any atom is 0.233 e. The fourth-order valence-electron chi connectivity index (χ4n) is 2.31. The van der Waals surface area contributed by atoms with E-state index in [1.54, 1.807) is 0 Å². The first-order chi connectivity index (χ1) is 7.74. The van der Waals surface area contributed by atoms with Crippen LogP contribution < -0.4 is 10.6 Å². The largest absolute Gasteiger partial charge is 0.355 e.